The van der Waals surface area contributed by atoms with E-state index in [1.807, 2.05) is 58.8 Å². The Hall–Kier alpha value is -2.33. The maximum atomic E-state index is 13.1. The van der Waals surface area contributed by atoms with Crippen molar-refractivity contribution in [2.45, 2.75) is 31.3 Å². The number of hydrogen-bond acceptors (Lipinski definition) is 5. The monoisotopic (exact) mass is 471 g/mol. The predicted molar refractivity (Wildman–Crippen MR) is 128 cm³/mol. The van der Waals surface area contributed by atoms with Crippen LogP contribution in [-0.4, -0.2) is 58.1 Å². The van der Waals surface area contributed by atoms with Crippen molar-refractivity contribution in [3.8, 4) is 11.4 Å². The van der Waals surface area contributed by atoms with E-state index in [4.69, 9.17) is 17.3 Å². The Morgan fingerprint density at radius 3 is 2.19 bits per heavy atom. The largest absolute Gasteiger partial charge is 0.303 e. The van der Waals surface area contributed by atoms with Crippen LogP contribution in [-0.2, 0) is 23.7 Å². The van der Waals surface area contributed by atoms with Crippen LogP contribution in [0.2, 0.25) is 0 Å². The molecule has 2 aromatic carbocycles. The van der Waals surface area contributed by atoms with Crippen molar-refractivity contribution in [2.24, 2.45) is 7.05 Å². The molecule has 0 saturated carbocycles. The number of benzene rings is 2. The summed E-state index contributed by atoms with van der Waals surface area (Å²) in [6.45, 7) is 6.87. The third kappa shape index (κ3) is 4.56. The molecule has 0 amide bonds. The van der Waals surface area contributed by atoms with Gasteiger partial charge in [0.2, 0.25) is 10.0 Å². The normalized spacial score (nSPS) is 16.0. The summed E-state index contributed by atoms with van der Waals surface area (Å²) in [5, 5.41) is 4.71. The Morgan fingerprint density at radius 2 is 1.59 bits per heavy atom. The second kappa shape index (κ2) is 9.27. The van der Waals surface area contributed by atoms with Crippen LogP contribution in [0, 0.1) is 4.77 Å². The van der Waals surface area contributed by atoms with E-state index in [1.54, 1.807) is 16.4 Å². The van der Waals surface area contributed by atoms with Crippen LogP contribution in [0.15, 0.2) is 59.5 Å². The summed E-state index contributed by atoms with van der Waals surface area (Å²) in [4.78, 5) is 2.54. The molecule has 7 nitrogen and oxygen atoms in total. The topological polar surface area (TPSA) is 63.4 Å². The van der Waals surface area contributed by atoms with Gasteiger partial charge in [-0.1, -0.05) is 56.3 Å². The third-order valence-electron chi connectivity index (χ3n) is 5.92. The first-order chi connectivity index (χ1) is 15.3. The smallest absolute Gasteiger partial charge is 0.243 e. The van der Waals surface area contributed by atoms with Crippen LogP contribution in [0.5, 0.6) is 0 Å². The highest BCUT2D eigenvalue weighted by atomic mass is 32.2. The van der Waals surface area contributed by atoms with Crippen molar-refractivity contribution in [3.05, 3.63) is 64.9 Å². The van der Waals surface area contributed by atoms with Gasteiger partial charge in [0.15, 0.2) is 10.6 Å². The molecule has 2 heterocycles. The van der Waals surface area contributed by atoms with Gasteiger partial charge in [0, 0.05) is 38.8 Å². The van der Waals surface area contributed by atoms with Gasteiger partial charge < -0.3 is 4.57 Å². The fourth-order valence-corrected chi connectivity index (χ4v) is 5.50. The molecule has 1 aromatic heterocycles. The molecule has 0 atom stereocenters. The Kier molecular flexibility index (Phi) is 6.62. The summed E-state index contributed by atoms with van der Waals surface area (Å²) >= 11 is 5.59. The van der Waals surface area contributed by atoms with E-state index in [9.17, 15) is 8.42 Å². The average Bonchev–Trinajstić information content (AvgIpc) is 3.08. The standard InChI is InChI=1S/C23H29N5O2S2/c1-18(2)19-9-11-21(12-10-19)32(29,30)27-15-13-26(14-16-27)17-28-23(31)25(3)22(24-28)20-7-5-4-6-8-20/h4-12,18H,13-17H2,1-3H3. The van der Waals surface area contributed by atoms with Crippen molar-refractivity contribution < 1.29 is 8.42 Å². The Bertz CT molecular complexity index is 1220. The van der Waals surface area contributed by atoms with Gasteiger partial charge in [-0.2, -0.15) is 9.40 Å². The van der Waals surface area contributed by atoms with Crippen molar-refractivity contribution >= 4 is 22.2 Å². The maximum absolute atomic E-state index is 13.1. The molecule has 170 valence electrons. The van der Waals surface area contributed by atoms with Gasteiger partial charge in [-0.15, -0.1) is 0 Å². The molecule has 0 spiro atoms. The highest BCUT2D eigenvalue weighted by molar-refractivity contribution is 7.89. The van der Waals surface area contributed by atoms with E-state index in [0.717, 1.165) is 17.0 Å². The summed E-state index contributed by atoms with van der Waals surface area (Å²) in [5.74, 6) is 1.19. The van der Waals surface area contributed by atoms with Crippen molar-refractivity contribution in [2.75, 3.05) is 26.2 Å². The minimum absolute atomic E-state index is 0.356. The number of hydrogen-bond donors (Lipinski definition) is 0. The van der Waals surface area contributed by atoms with Crippen molar-refractivity contribution in [1.82, 2.24) is 23.6 Å². The van der Waals surface area contributed by atoms with Crippen LogP contribution in [0.25, 0.3) is 11.4 Å². The first-order valence-corrected chi connectivity index (χ1v) is 12.6. The van der Waals surface area contributed by atoms with E-state index in [2.05, 4.69) is 18.7 Å². The van der Waals surface area contributed by atoms with E-state index in [-0.39, 0.29) is 0 Å². The first kappa shape index (κ1) is 22.8. The molecule has 0 bridgehead atoms. The molecule has 1 fully saturated rings. The van der Waals surface area contributed by atoms with Gasteiger partial charge in [0.1, 0.15) is 0 Å². The van der Waals surface area contributed by atoms with E-state index < -0.39 is 10.0 Å². The number of sulfonamides is 1. The fourth-order valence-electron chi connectivity index (χ4n) is 3.89. The zero-order valence-corrected chi connectivity index (χ0v) is 20.3. The second-order valence-electron chi connectivity index (χ2n) is 8.42. The molecule has 32 heavy (non-hydrogen) atoms. The first-order valence-electron chi connectivity index (χ1n) is 10.8. The molecule has 4 rings (SSSR count). The third-order valence-corrected chi connectivity index (χ3v) is 8.32. The lowest BCUT2D eigenvalue weighted by Crippen LogP contribution is -2.48. The molecular weight excluding hydrogens is 442 g/mol. The van der Waals surface area contributed by atoms with Crippen LogP contribution in [0.3, 0.4) is 0 Å². The van der Waals surface area contributed by atoms with Gasteiger partial charge in [-0.25, -0.2) is 13.1 Å². The van der Waals surface area contributed by atoms with E-state index in [1.165, 1.54) is 0 Å². The van der Waals surface area contributed by atoms with Crippen LogP contribution >= 0.6 is 12.2 Å². The zero-order valence-electron chi connectivity index (χ0n) is 18.7. The fraction of sp³-hybridized carbons (Fsp3) is 0.391. The number of aromatic nitrogens is 3. The molecule has 0 unspecified atom stereocenters. The van der Waals surface area contributed by atoms with Crippen LogP contribution in [0.4, 0.5) is 0 Å². The van der Waals surface area contributed by atoms with Gasteiger partial charge in [-0.05, 0) is 35.8 Å². The number of piperazine rings is 1. The summed E-state index contributed by atoms with van der Waals surface area (Å²) in [6.07, 6.45) is 0. The van der Waals surface area contributed by atoms with Gasteiger partial charge in [0.25, 0.3) is 0 Å². The molecule has 0 N–H and O–H groups in total. The lowest BCUT2D eigenvalue weighted by molar-refractivity contribution is 0.144. The van der Waals surface area contributed by atoms with E-state index in [0.29, 0.717) is 48.4 Å². The summed E-state index contributed by atoms with van der Waals surface area (Å²) in [5.41, 5.74) is 2.15. The summed E-state index contributed by atoms with van der Waals surface area (Å²) < 4.78 is 32.1. The van der Waals surface area contributed by atoms with E-state index >= 15 is 0 Å². The number of rotatable bonds is 6. The quantitative estimate of drug-likeness (QED) is 0.513. The molecule has 0 radical (unpaired) electrons. The van der Waals surface area contributed by atoms with Gasteiger partial charge in [-0.3, -0.25) is 4.90 Å². The SMILES string of the molecule is CC(C)c1ccc(S(=O)(=O)N2CCN(Cn3nc(-c4ccccc4)n(C)c3=S)CC2)cc1. The van der Waals surface area contributed by atoms with Crippen LogP contribution < -0.4 is 0 Å². The lowest BCUT2D eigenvalue weighted by atomic mass is 10.0. The molecule has 3 aromatic rings. The molecule has 1 aliphatic heterocycles. The molecule has 9 heteroatoms. The molecule has 0 aliphatic carbocycles. The van der Waals surface area contributed by atoms with Crippen LogP contribution in [0.1, 0.15) is 25.3 Å². The van der Waals surface area contributed by atoms with Gasteiger partial charge in [0.05, 0.1) is 11.6 Å². The van der Waals surface area contributed by atoms with Crippen molar-refractivity contribution in [1.29, 1.82) is 0 Å². The maximum Gasteiger partial charge on any atom is 0.243 e. The predicted octanol–water partition coefficient (Wildman–Crippen LogP) is 3.71. The Morgan fingerprint density at radius 1 is 0.969 bits per heavy atom. The highest BCUT2D eigenvalue weighted by Crippen LogP contribution is 2.22. The lowest BCUT2D eigenvalue weighted by Gasteiger charge is -2.33. The Labute approximate surface area is 195 Å². The summed E-state index contributed by atoms with van der Waals surface area (Å²) in [6, 6.07) is 17.2. The Balaban J connectivity index is 1.43. The number of nitrogens with zero attached hydrogens (tertiary/aromatic N) is 5. The molecule has 1 aliphatic rings. The van der Waals surface area contributed by atoms with Gasteiger partial charge >= 0.3 is 0 Å². The minimum atomic E-state index is -3.49. The average molecular weight is 472 g/mol. The highest BCUT2D eigenvalue weighted by Gasteiger charge is 2.29. The second-order valence-corrected chi connectivity index (χ2v) is 10.7. The summed E-state index contributed by atoms with van der Waals surface area (Å²) in [7, 11) is -1.57. The minimum Gasteiger partial charge on any atom is -0.303 e. The zero-order chi connectivity index (χ0) is 22.9. The molecular formula is C23H29N5O2S2. The van der Waals surface area contributed by atoms with Crippen molar-refractivity contribution in [3.63, 3.8) is 0 Å². The molecule has 1 saturated heterocycles.